The first-order valence-electron chi connectivity index (χ1n) is 8.14. The number of carbonyl (C=O) groups is 1. The molecule has 1 aromatic carbocycles. The van der Waals surface area contributed by atoms with E-state index >= 15 is 0 Å². The minimum atomic E-state index is -0.0346. The summed E-state index contributed by atoms with van der Waals surface area (Å²) in [5.74, 6) is 0. The van der Waals surface area contributed by atoms with Gasteiger partial charge in [-0.2, -0.15) is 0 Å². The second-order valence-electron chi connectivity index (χ2n) is 5.88. The molecule has 0 bridgehead atoms. The van der Waals surface area contributed by atoms with Gasteiger partial charge in [-0.15, -0.1) is 0 Å². The summed E-state index contributed by atoms with van der Waals surface area (Å²) in [7, 11) is 0. The first kappa shape index (κ1) is 16.9. The zero-order chi connectivity index (χ0) is 16.8. The van der Waals surface area contributed by atoms with Crippen LogP contribution in [0.1, 0.15) is 12.0 Å². The molecular weight excluding hydrogens is 368 g/mol. The molecule has 1 aliphatic heterocycles. The van der Waals surface area contributed by atoms with Crippen LogP contribution < -0.4 is 5.32 Å². The summed E-state index contributed by atoms with van der Waals surface area (Å²) in [6.45, 7) is 4.31. The molecule has 2 aromatic rings. The van der Waals surface area contributed by atoms with Crippen molar-refractivity contribution in [3.8, 4) is 0 Å². The van der Waals surface area contributed by atoms with Crippen molar-refractivity contribution in [2.75, 3.05) is 31.5 Å². The molecule has 5 nitrogen and oxygen atoms in total. The molecule has 3 rings (SSSR count). The molecule has 1 aromatic heterocycles. The zero-order valence-corrected chi connectivity index (χ0v) is 15.1. The van der Waals surface area contributed by atoms with Gasteiger partial charge < -0.3 is 10.2 Å². The molecular formula is C18H21BrN4O. The summed E-state index contributed by atoms with van der Waals surface area (Å²) in [6.07, 6.45) is 4.63. The second kappa shape index (κ2) is 8.26. The Bertz CT molecular complexity index is 680. The van der Waals surface area contributed by atoms with Gasteiger partial charge >= 0.3 is 6.03 Å². The normalized spacial score (nSPS) is 15.8. The Morgan fingerprint density at radius 3 is 2.67 bits per heavy atom. The van der Waals surface area contributed by atoms with Gasteiger partial charge in [0.2, 0.25) is 0 Å². The van der Waals surface area contributed by atoms with Crippen molar-refractivity contribution >= 4 is 27.6 Å². The molecule has 2 heterocycles. The molecule has 24 heavy (non-hydrogen) atoms. The number of carbonyl (C=O) groups excluding carboxylic acids is 1. The number of para-hydroxylation sites is 1. The molecule has 1 fully saturated rings. The highest BCUT2D eigenvalue weighted by atomic mass is 79.9. The van der Waals surface area contributed by atoms with Crippen LogP contribution in [0.25, 0.3) is 0 Å². The Balaban J connectivity index is 1.55. The van der Waals surface area contributed by atoms with Gasteiger partial charge in [-0.25, -0.2) is 4.79 Å². The number of nitrogens with zero attached hydrogens (tertiary/aromatic N) is 3. The molecule has 1 aliphatic rings. The number of benzene rings is 1. The first-order chi connectivity index (χ1) is 11.7. The van der Waals surface area contributed by atoms with Crippen molar-refractivity contribution in [2.45, 2.75) is 13.0 Å². The fourth-order valence-corrected chi connectivity index (χ4v) is 3.22. The van der Waals surface area contributed by atoms with Gasteiger partial charge in [-0.05, 0) is 52.2 Å². The third kappa shape index (κ3) is 4.55. The summed E-state index contributed by atoms with van der Waals surface area (Å²) < 4.78 is 0.896. The van der Waals surface area contributed by atoms with Gasteiger partial charge in [-0.3, -0.25) is 9.88 Å². The van der Waals surface area contributed by atoms with Gasteiger partial charge in [0.25, 0.3) is 0 Å². The van der Waals surface area contributed by atoms with Crippen molar-refractivity contribution < 1.29 is 4.79 Å². The number of pyridine rings is 1. The molecule has 0 atom stereocenters. The number of amides is 2. The maximum atomic E-state index is 12.5. The average molecular weight is 389 g/mol. The lowest BCUT2D eigenvalue weighted by Gasteiger charge is -2.22. The highest BCUT2D eigenvalue weighted by Crippen LogP contribution is 2.21. The SMILES string of the molecule is O=C(Nc1ccccc1Br)N1CCCN(Cc2ccncc2)CC1. The van der Waals surface area contributed by atoms with Gasteiger partial charge in [-0.1, -0.05) is 12.1 Å². The van der Waals surface area contributed by atoms with Crippen molar-refractivity contribution in [3.63, 3.8) is 0 Å². The van der Waals surface area contributed by atoms with Gasteiger partial charge in [0.05, 0.1) is 5.69 Å². The van der Waals surface area contributed by atoms with Crippen molar-refractivity contribution in [2.24, 2.45) is 0 Å². The molecule has 1 saturated heterocycles. The topological polar surface area (TPSA) is 48.5 Å². The smallest absolute Gasteiger partial charge is 0.321 e. The van der Waals surface area contributed by atoms with E-state index in [4.69, 9.17) is 0 Å². The number of hydrogen-bond acceptors (Lipinski definition) is 3. The van der Waals surface area contributed by atoms with E-state index < -0.39 is 0 Å². The molecule has 0 unspecified atom stereocenters. The van der Waals surface area contributed by atoms with E-state index in [9.17, 15) is 4.79 Å². The van der Waals surface area contributed by atoms with E-state index in [2.05, 4.69) is 31.1 Å². The maximum Gasteiger partial charge on any atom is 0.321 e. The highest BCUT2D eigenvalue weighted by molar-refractivity contribution is 9.10. The Morgan fingerprint density at radius 1 is 1.08 bits per heavy atom. The molecule has 126 valence electrons. The zero-order valence-electron chi connectivity index (χ0n) is 13.5. The number of aromatic nitrogens is 1. The predicted octanol–water partition coefficient (Wildman–Crippen LogP) is 3.58. The van der Waals surface area contributed by atoms with Gasteiger partial charge in [0, 0.05) is 49.6 Å². The van der Waals surface area contributed by atoms with Crippen LogP contribution in [0.3, 0.4) is 0 Å². The summed E-state index contributed by atoms with van der Waals surface area (Å²) >= 11 is 3.46. The Kier molecular flexibility index (Phi) is 5.82. The predicted molar refractivity (Wildman–Crippen MR) is 98.9 cm³/mol. The van der Waals surface area contributed by atoms with Gasteiger partial charge in [0.1, 0.15) is 0 Å². The van der Waals surface area contributed by atoms with E-state index in [0.29, 0.717) is 0 Å². The van der Waals surface area contributed by atoms with E-state index in [1.165, 1.54) is 5.56 Å². The lowest BCUT2D eigenvalue weighted by Crippen LogP contribution is -2.38. The van der Waals surface area contributed by atoms with E-state index in [1.807, 2.05) is 53.7 Å². The Labute approximate surface area is 150 Å². The van der Waals surface area contributed by atoms with Gasteiger partial charge in [0.15, 0.2) is 0 Å². The van der Waals surface area contributed by atoms with Crippen LogP contribution >= 0.6 is 15.9 Å². The molecule has 2 amide bonds. The van der Waals surface area contributed by atoms with E-state index in [1.54, 1.807) is 0 Å². The minimum absolute atomic E-state index is 0.0346. The summed E-state index contributed by atoms with van der Waals surface area (Å²) in [5.41, 5.74) is 2.07. The number of anilines is 1. The molecule has 0 aliphatic carbocycles. The Hall–Kier alpha value is -1.92. The van der Waals surface area contributed by atoms with Crippen LogP contribution in [0.4, 0.5) is 10.5 Å². The van der Waals surface area contributed by atoms with Crippen molar-refractivity contribution in [3.05, 3.63) is 58.8 Å². The van der Waals surface area contributed by atoms with E-state index in [-0.39, 0.29) is 6.03 Å². The van der Waals surface area contributed by atoms with Crippen LogP contribution in [-0.2, 0) is 6.54 Å². The lowest BCUT2D eigenvalue weighted by molar-refractivity contribution is 0.211. The van der Waals surface area contributed by atoms with E-state index in [0.717, 1.165) is 49.3 Å². The fraction of sp³-hybridized carbons (Fsp3) is 0.333. The number of hydrogen-bond donors (Lipinski definition) is 1. The highest BCUT2D eigenvalue weighted by Gasteiger charge is 2.19. The van der Waals surface area contributed by atoms with Crippen LogP contribution in [-0.4, -0.2) is 47.0 Å². The third-order valence-corrected chi connectivity index (χ3v) is 4.84. The third-order valence-electron chi connectivity index (χ3n) is 4.15. The second-order valence-corrected chi connectivity index (χ2v) is 6.74. The Morgan fingerprint density at radius 2 is 1.88 bits per heavy atom. The van der Waals surface area contributed by atoms with Crippen molar-refractivity contribution in [1.29, 1.82) is 0 Å². The first-order valence-corrected chi connectivity index (χ1v) is 8.93. The standard InChI is InChI=1S/C18H21BrN4O/c19-16-4-1-2-5-17(16)21-18(24)23-11-3-10-22(12-13-23)14-15-6-8-20-9-7-15/h1-2,4-9H,3,10-14H2,(H,21,24). The van der Waals surface area contributed by atoms with Crippen LogP contribution in [0, 0.1) is 0 Å². The molecule has 0 spiro atoms. The molecule has 6 heteroatoms. The minimum Gasteiger partial charge on any atom is -0.323 e. The molecule has 0 saturated carbocycles. The largest absolute Gasteiger partial charge is 0.323 e. The maximum absolute atomic E-state index is 12.5. The van der Waals surface area contributed by atoms with Crippen LogP contribution in [0.2, 0.25) is 0 Å². The number of nitrogens with one attached hydrogen (secondary N) is 1. The summed E-state index contributed by atoms with van der Waals surface area (Å²) in [4.78, 5) is 20.8. The number of urea groups is 1. The van der Waals surface area contributed by atoms with Crippen molar-refractivity contribution in [1.82, 2.24) is 14.8 Å². The number of halogens is 1. The average Bonchev–Trinajstić information content (AvgIpc) is 2.83. The lowest BCUT2D eigenvalue weighted by atomic mass is 10.2. The summed E-state index contributed by atoms with van der Waals surface area (Å²) in [5, 5.41) is 2.99. The molecule has 1 N–H and O–H groups in total. The summed E-state index contributed by atoms with van der Waals surface area (Å²) in [6, 6.07) is 11.7. The fourth-order valence-electron chi connectivity index (χ4n) is 2.84. The monoisotopic (exact) mass is 388 g/mol. The number of rotatable bonds is 3. The van der Waals surface area contributed by atoms with Crippen LogP contribution in [0.15, 0.2) is 53.3 Å². The quantitative estimate of drug-likeness (QED) is 0.873. The molecule has 0 radical (unpaired) electrons. The van der Waals surface area contributed by atoms with Crippen LogP contribution in [0.5, 0.6) is 0 Å².